The highest BCUT2D eigenvalue weighted by Crippen LogP contribution is 2.02. The third-order valence-electron chi connectivity index (χ3n) is 2.44. The fourth-order valence-electron chi connectivity index (χ4n) is 1.38. The fourth-order valence-corrected chi connectivity index (χ4v) is 1.38. The first-order valence-corrected chi connectivity index (χ1v) is 5.30. The van der Waals surface area contributed by atoms with Gasteiger partial charge < -0.3 is 15.7 Å². The zero-order valence-electron chi connectivity index (χ0n) is 9.66. The number of hydrogen-bond donors (Lipinski definition) is 3. The molecule has 0 aliphatic carbocycles. The first-order chi connectivity index (χ1) is 7.63. The van der Waals surface area contributed by atoms with Crippen LogP contribution in [0.1, 0.15) is 11.1 Å². The summed E-state index contributed by atoms with van der Waals surface area (Å²) in [6, 6.07) is 7.63. The largest absolute Gasteiger partial charge is 0.480 e. The van der Waals surface area contributed by atoms with Crippen molar-refractivity contribution in [2.24, 2.45) is 0 Å². The molecule has 1 aromatic rings. The van der Waals surface area contributed by atoms with Crippen LogP contribution in [0.15, 0.2) is 24.3 Å². The summed E-state index contributed by atoms with van der Waals surface area (Å²) in [6.07, 6.45) is 0. The van der Waals surface area contributed by atoms with E-state index in [-0.39, 0.29) is 0 Å². The van der Waals surface area contributed by atoms with Crippen LogP contribution in [-0.2, 0) is 11.3 Å². The van der Waals surface area contributed by atoms with E-state index in [0.717, 1.165) is 5.56 Å². The number of likely N-dealkylation sites (N-methyl/N-ethyl adjacent to an activating group) is 1. The number of nitrogens with one attached hydrogen (secondary N) is 2. The van der Waals surface area contributed by atoms with Crippen molar-refractivity contribution in [3.05, 3.63) is 35.4 Å². The van der Waals surface area contributed by atoms with Crippen LogP contribution in [0.5, 0.6) is 0 Å². The van der Waals surface area contributed by atoms with Gasteiger partial charge in [0.25, 0.3) is 0 Å². The molecule has 4 heteroatoms. The molecule has 4 nitrogen and oxygen atoms in total. The van der Waals surface area contributed by atoms with E-state index in [4.69, 9.17) is 5.11 Å². The minimum Gasteiger partial charge on any atom is -0.480 e. The Morgan fingerprint density at radius 1 is 1.38 bits per heavy atom. The van der Waals surface area contributed by atoms with Crippen molar-refractivity contribution in [2.45, 2.75) is 19.5 Å². The molecule has 0 saturated carbocycles. The smallest absolute Gasteiger partial charge is 0.322 e. The van der Waals surface area contributed by atoms with Gasteiger partial charge in [0.05, 0.1) is 0 Å². The molecule has 1 atom stereocenters. The lowest BCUT2D eigenvalue weighted by Gasteiger charge is -2.12. The van der Waals surface area contributed by atoms with Crippen LogP contribution in [0.4, 0.5) is 0 Å². The summed E-state index contributed by atoms with van der Waals surface area (Å²) < 4.78 is 0. The Morgan fingerprint density at radius 3 is 2.50 bits per heavy atom. The quantitative estimate of drug-likeness (QED) is 0.665. The molecule has 0 aliphatic heterocycles. The van der Waals surface area contributed by atoms with Gasteiger partial charge in [-0.05, 0) is 19.5 Å². The Balaban J connectivity index is 2.35. The lowest BCUT2D eigenvalue weighted by molar-refractivity contribution is -0.139. The summed E-state index contributed by atoms with van der Waals surface area (Å²) >= 11 is 0. The molecule has 0 saturated heterocycles. The fraction of sp³-hybridized carbons (Fsp3) is 0.417. The van der Waals surface area contributed by atoms with Crippen LogP contribution in [0.3, 0.4) is 0 Å². The Morgan fingerprint density at radius 2 is 2.00 bits per heavy atom. The minimum atomic E-state index is -0.834. The summed E-state index contributed by atoms with van der Waals surface area (Å²) in [7, 11) is 1.65. The lowest BCUT2D eigenvalue weighted by atomic mass is 10.1. The predicted octanol–water partition coefficient (Wildman–Crippen LogP) is 0.757. The van der Waals surface area contributed by atoms with Gasteiger partial charge >= 0.3 is 5.97 Å². The van der Waals surface area contributed by atoms with Gasteiger partial charge in [-0.2, -0.15) is 0 Å². The van der Waals surface area contributed by atoms with E-state index in [2.05, 4.69) is 10.6 Å². The summed E-state index contributed by atoms with van der Waals surface area (Å²) in [6.45, 7) is 3.14. The van der Waals surface area contributed by atoms with E-state index in [1.165, 1.54) is 5.56 Å². The van der Waals surface area contributed by atoms with Crippen molar-refractivity contribution in [1.82, 2.24) is 10.6 Å². The van der Waals surface area contributed by atoms with Crippen LogP contribution in [0.2, 0.25) is 0 Å². The maximum absolute atomic E-state index is 10.7. The van der Waals surface area contributed by atoms with E-state index >= 15 is 0 Å². The second-order valence-corrected chi connectivity index (χ2v) is 3.80. The zero-order valence-corrected chi connectivity index (χ0v) is 9.66. The molecule has 16 heavy (non-hydrogen) atoms. The third-order valence-corrected chi connectivity index (χ3v) is 2.44. The maximum Gasteiger partial charge on any atom is 0.322 e. The van der Waals surface area contributed by atoms with Gasteiger partial charge in [0.1, 0.15) is 6.04 Å². The normalized spacial score (nSPS) is 12.4. The van der Waals surface area contributed by atoms with Crippen LogP contribution in [0.25, 0.3) is 0 Å². The SMILES string of the molecule is CNC(CNCc1ccc(C)cc1)C(=O)O. The van der Waals surface area contributed by atoms with Crippen molar-refractivity contribution in [2.75, 3.05) is 13.6 Å². The van der Waals surface area contributed by atoms with E-state index < -0.39 is 12.0 Å². The summed E-state index contributed by atoms with van der Waals surface area (Å²) in [5.41, 5.74) is 2.38. The van der Waals surface area contributed by atoms with E-state index in [0.29, 0.717) is 13.1 Å². The van der Waals surface area contributed by atoms with Gasteiger partial charge in [-0.15, -0.1) is 0 Å². The number of rotatable bonds is 6. The molecule has 0 fully saturated rings. The van der Waals surface area contributed by atoms with Gasteiger partial charge in [-0.3, -0.25) is 4.79 Å². The van der Waals surface area contributed by atoms with Crippen LogP contribution in [0, 0.1) is 6.92 Å². The first-order valence-electron chi connectivity index (χ1n) is 5.30. The number of aryl methyl sites for hydroxylation is 1. The topological polar surface area (TPSA) is 61.4 Å². The molecule has 0 heterocycles. The Labute approximate surface area is 95.7 Å². The predicted molar refractivity (Wildman–Crippen MR) is 63.4 cm³/mol. The molecule has 0 spiro atoms. The monoisotopic (exact) mass is 222 g/mol. The molecule has 88 valence electrons. The van der Waals surface area contributed by atoms with Crippen molar-refractivity contribution in [3.8, 4) is 0 Å². The van der Waals surface area contributed by atoms with Crippen molar-refractivity contribution in [1.29, 1.82) is 0 Å². The van der Waals surface area contributed by atoms with E-state index in [9.17, 15) is 4.79 Å². The second-order valence-electron chi connectivity index (χ2n) is 3.80. The molecule has 1 unspecified atom stereocenters. The standard InChI is InChI=1S/C12H18N2O2/c1-9-3-5-10(6-4-9)7-14-8-11(13-2)12(15)16/h3-6,11,13-14H,7-8H2,1-2H3,(H,15,16). The number of benzene rings is 1. The second kappa shape index (κ2) is 6.25. The Hall–Kier alpha value is -1.39. The minimum absolute atomic E-state index is 0.416. The number of carbonyl (C=O) groups is 1. The molecule has 3 N–H and O–H groups in total. The molecule has 0 radical (unpaired) electrons. The highest BCUT2D eigenvalue weighted by atomic mass is 16.4. The first kappa shape index (κ1) is 12.7. The highest BCUT2D eigenvalue weighted by Gasteiger charge is 2.13. The third kappa shape index (κ3) is 4.00. The maximum atomic E-state index is 10.7. The molecule has 0 aliphatic rings. The van der Waals surface area contributed by atoms with E-state index in [1.807, 2.05) is 31.2 Å². The number of carboxylic acids is 1. The molecule has 1 aromatic carbocycles. The van der Waals surface area contributed by atoms with Crippen molar-refractivity contribution in [3.63, 3.8) is 0 Å². The molecule has 1 rings (SSSR count). The lowest BCUT2D eigenvalue weighted by Crippen LogP contribution is -2.42. The zero-order chi connectivity index (χ0) is 12.0. The average molecular weight is 222 g/mol. The summed E-state index contributed by atoms with van der Waals surface area (Å²) in [5, 5.41) is 14.6. The van der Waals surface area contributed by atoms with E-state index in [1.54, 1.807) is 7.05 Å². The van der Waals surface area contributed by atoms with Gasteiger partial charge in [0.2, 0.25) is 0 Å². The number of carboxylic acid groups (broad SMARTS) is 1. The summed E-state index contributed by atoms with van der Waals surface area (Å²) in [4.78, 5) is 10.7. The van der Waals surface area contributed by atoms with Gasteiger partial charge in [-0.25, -0.2) is 0 Å². The summed E-state index contributed by atoms with van der Waals surface area (Å²) in [5.74, 6) is -0.834. The number of hydrogen-bond acceptors (Lipinski definition) is 3. The number of aliphatic carboxylic acids is 1. The molecular formula is C12H18N2O2. The van der Waals surface area contributed by atoms with Gasteiger partial charge in [0.15, 0.2) is 0 Å². The van der Waals surface area contributed by atoms with Crippen LogP contribution < -0.4 is 10.6 Å². The Bertz CT molecular complexity index is 335. The van der Waals surface area contributed by atoms with Crippen molar-refractivity contribution >= 4 is 5.97 Å². The van der Waals surface area contributed by atoms with Gasteiger partial charge in [-0.1, -0.05) is 29.8 Å². The average Bonchev–Trinajstić information content (AvgIpc) is 2.26. The van der Waals surface area contributed by atoms with Gasteiger partial charge in [0, 0.05) is 13.1 Å². The Kier molecular flexibility index (Phi) is 4.95. The molecule has 0 aromatic heterocycles. The van der Waals surface area contributed by atoms with Crippen molar-refractivity contribution < 1.29 is 9.90 Å². The molecule has 0 bridgehead atoms. The highest BCUT2D eigenvalue weighted by molar-refractivity contribution is 5.73. The van der Waals surface area contributed by atoms with Crippen LogP contribution in [-0.4, -0.2) is 30.7 Å². The molecular weight excluding hydrogens is 204 g/mol. The molecule has 0 amide bonds. The van der Waals surface area contributed by atoms with Crippen LogP contribution >= 0.6 is 0 Å².